The molecule has 2 heterocycles. The Kier molecular flexibility index (Phi) is 4.41. The highest BCUT2D eigenvalue weighted by Gasteiger charge is 2.28. The fourth-order valence-electron chi connectivity index (χ4n) is 2.32. The summed E-state index contributed by atoms with van der Waals surface area (Å²) < 4.78 is 0. The predicted octanol–water partition coefficient (Wildman–Crippen LogP) is 0.0689. The van der Waals surface area contributed by atoms with Gasteiger partial charge in [-0.2, -0.15) is 0 Å². The molecule has 1 atom stereocenters. The third kappa shape index (κ3) is 3.45. The van der Waals surface area contributed by atoms with Gasteiger partial charge in [0.05, 0.1) is 13.1 Å². The van der Waals surface area contributed by atoms with E-state index in [9.17, 15) is 9.90 Å². The lowest BCUT2D eigenvalue weighted by atomic mass is 10.1. The summed E-state index contributed by atoms with van der Waals surface area (Å²) in [4.78, 5) is 15.4. The predicted molar refractivity (Wildman–Crippen MR) is 65.3 cm³/mol. The molecule has 2 fully saturated rings. The van der Waals surface area contributed by atoms with E-state index in [1.54, 1.807) is 4.90 Å². The number of hydrogen-bond donors (Lipinski definition) is 1. The number of carbonyl (C=O) groups is 1. The summed E-state index contributed by atoms with van der Waals surface area (Å²) in [6.07, 6.45) is 3.65. The molecule has 1 amide bonds. The molecular formula is C13H20N2O2. The highest BCUT2D eigenvalue weighted by Crippen LogP contribution is 2.09. The molecule has 0 saturated carbocycles. The van der Waals surface area contributed by atoms with E-state index < -0.39 is 6.10 Å². The Morgan fingerprint density at radius 2 is 1.82 bits per heavy atom. The Hall–Kier alpha value is -1.05. The summed E-state index contributed by atoms with van der Waals surface area (Å²) in [6.45, 7) is 4.21. The monoisotopic (exact) mass is 236 g/mol. The van der Waals surface area contributed by atoms with Crippen LogP contribution in [-0.2, 0) is 4.79 Å². The Morgan fingerprint density at radius 3 is 2.47 bits per heavy atom. The van der Waals surface area contributed by atoms with Crippen LogP contribution >= 0.6 is 0 Å². The smallest absolute Gasteiger partial charge is 0.252 e. The number of aliphatic hydroxyl groups excluding tert-OH is 1. The second-order valence-corrected chi connectivity index (χ2v) is 4.75. The normalized spacial score (nSPS) is 25.8. The SMILES string of the molecule is O=C1[C@@H](O)CCN1CC#CCN1CCCCC1. The number of piperidine rings is 1. The van der Waals surface area contributed by atoms with Crippen molar-refractivity contribution in [1.29, 1.82) is 0 Å². The number of nitrogens with zero attached hydrogens (tertiary/aromatic N) is 2. The third-order valence-corrected chi connectivity index (χ3v) is 3.42. The van der Waals surface area contributed by atoms with E-state index in [1.165, 1.54) is 19.3 Å². The van der Waals surface area contributed by atoms with Crippen LogP contribution in [0.2, 0.25) is 0 Å². The first-order valence-corrected chi connectivity index (χ1v) is 6.42. The maximum absolute atomic E-state index is 11.4. The summed E-state index contributed by atoms with van der Waals surface area (Å²) in [5.74, 6) is 5.98. The van der Waals surface area contributed by atoms with E-state index in [0.717, 1.165) is 19.6 Å². The second-order valence-electron chi connectivity index (χ2n) is 4.75. The molecule has 0 spiro atoms. The summed E-state index contributed by atoms with van der Waals surface area (Å²) in [5, 5.41) is 9.28. The van der Waals surface area contributed by atoms with Gasteiger partial charge in [0.15, 0.2) is 0 Å². The zero-order valence-corrected chi connectivity index (χ0v) is 10.2. The van der Waals surface area contributed by atoms with Crippen molar-refractivity contribution in [2.45, 2.75) is 31.8 Å². The third-order valence-electron chi connectivity index (χ3n) is 3.42. The van der Waals surface area contributed by atoms with Gasteiger partial charge in [-0.15, -0.1) is 0 Å². The lowest BCUT2D eigenvalue weighted by Crippen LogP contribution is -2.31. The molecule has 0 unspecified atom stereocenters. The molecule has 17 heavy (non-hydrogen) atoms. The van der Waals surface area contributed by atoms with E-state index in [4.69, 9.17) is 0 Å². The Bertz CT molecular complexity index is 326. The zero-order chi connectivity index (χ0) is 12.1. The van der Waals surface area contributed by atoms with Gasteiger partial charge in [0.1, 0.15) is 6.10 Å². The molecule has 0 aliphatic carbocycles. The van der Waals surface area contributed by atoms with Crippen LogP contribution in [0.5, 0.6) is 0 Å². The van der Waals surface area contributed by atoms with Gasteiger partial charge < -0.3 is 10.0 Å². The number of aliphatic hydroxyl groups is 1. The molecule has 0 bridgehead atoms. The van der Waals surface area contributed by atoms with Crippen molar-refractivity contribution >= 4 is 5.91 Å². The number of likely N-dealkylation sites (tertiary alicyclic amines) is 2. The standard InChI is InChI=1S/C13H20N2O2/c16-12-6-11-15(13(12)17)10-5-4-9-14-7-2-1-3-8-14/h12,16H,1-3,6-11H2/t12-/m0/s1. The maximum atomic E-state index is 11.4. The van der Waals surface area contributed by atoms with E-state index in [0.29, 0.717) is 19.5 Å². The van der Waals surface area contributed by atoms with Crippen LogP contribution in [0.25, 0.3) is 0 Å². The van der Waals surface area contributed by atoms with Gasteiger partial charge in [0, 0.05) is 6.54 Å². The van der Waals surface area contributed by atoms with E-state index in [-0.39, 0.29) is 5.91 Å². The summed E-state index contributed by atoms with van der Waals surface area (Å²) >= 11 is 0. The summed E-state index contributed by atoms with van der Waals surface area (Å²) in [5.41, 5.74) is 0. The fourth-order valence-corrected chi connectivity index (χ4v) is 2.32. The average molecular weight is 236 g/mol. The van der Waals surface area contributed by atoms with Crippen LogP contribution in [0.15, 0.2) is 0 Å². The summed E-state index contributed by atoms with van der Waals surface area (Å²) in [7, 11) is 0. The molecule has 0 aromatic heterocycles. The molecule has 94 valence electrons. The van der Waals surface area contributed by atoms with Crippen molar-refractivity contribution in [3.63, 3.8) is 0 Å². The van der Waals surface area contributed by atoms with Crippen molar-refractivity contribution in [2.24, 2.45) is 0 Å². The first kappa shape index (κ1) is 12.4. The van der Waals surface area contributed by atoms with Crippen LogP contribution in [-0.4, -0.2) is 59.6 Å². The van der Waals surface area contributed by atoms with Crippen LogP contribution in [0.3, 0.4) is 0 Å². The molecule has 2 rings (SSSR count). The molecule has 0 radical (unpaired) electrons. The van der Waals surface area contributed by atoms with E-state index in [2.05, 4.69) is 16.7 Å². The number of rotatable bonds is 2. The molecule has 0 aromatic carbocycles. The molecule has 4 nitrogen and oxygen atoms in total. The molecule has 1 N–H and O–H groups in total. The van der Waals surface area contributed by atoms with Crippen molar-refractivity contribution in [3.8, 4) is 11.8 Å². The second kappa shape index (κ2) is 6.04. The fraction of sp³-hybridized carbons (Fsp3) is 0.769. The number of carbonyl (C=O) groups excluding carboxylic acids is 1. The van der Waals surface area contributed by atoms with Crippen molar-refractivity contribution in [2.75, 3.05) is 32.7 Å². The number of amides is 1. The van der Waals surface area contributed by atoms with E-state index >= 15 is 0 Å². The lowest BCUT2D eigenvalue weighted by Gasteiger charge is -2.23. The minimum Gasteiger partial charge on any atom is -0.383 e. The molecule has 0 aromatic rings. The highest BCUT2D eigenvalue weighted by atomic mass is 16.3. The van der Waals surface area contributed by atoms with Crippen molar-refractivity contribution < 1.29 is 9.90 Å². The highest BCUT2D eigenvalue weighted by molar-refractivity contribution is 5.82. The Labute approximate surface area is 103 Å². The van der Waals surface area contributed by atoms with Crippen LogP contribution < -0.4 is 0 Å². The quantitative estimate of drug-likeness (QED) is 0.690. The van der Waals surface area contributed by atoms with Gasteiger partial charge in [-0.1, -0.05) is 18.3 Å². The van der Waals surface area contributed by atoms with Gasteiger partial charge >= 0.3 is 0 Å². The topological polar surface area (TPSA) is 43.8 Å². The van der Waals surface area contributed by atoms with Gasteiger partial charge in [-0.3, -0.25) is 9.69 Å². The molecule has 2 saturated heterocycles. The number of hydrogen-bond acceptors (Lipinski definition) is 3. The van der Waals surface area contributed by atoms with Gasteiger partial charge in [0.25, 0.3) is 5.91 Å². The van der Waals surface area contributed by atoms with Crippen LogP contribution in [0.1, 0.15) is 25.7 Å². The largest absolute Gasteiger partial charge is 0.383 e. The zero-order valence-electron chi connectivity index (χ0n) is 10.2. The Balaban J connectivity index is 1.69. The molecule has 2 aliphatic heterocycles. The molecule has 4 heteroatoms. The van der Waals surface area contributed by atoms with Crippen molar-refractivity contribution in [1.82, 2.24) is 9.80 Å². The maximum Gasteiger partial charge on any atom is 0.252 e. The van der Waals surface area contributed by atoms with Gasteiger partial charge in [0.2, 0.25) is 0 Å². The van der Waals surface area contributed by atoms with Crippen LogP contribution in [0.4, 0.5) is 0 Å². The van der Waals surface area contributed by atoms with Gasteiger partial charge in [-0.05, 0) is 32.4 Å². The van der Waals surface area contributed by atoms with Gasteiger partial charge in [-0.25, -0.2) is 0 Å². The van der Waals surface area contributed by atoms with E-state index in [1.807, 2.05) is 0 Å². The minimum atomic E-state index is -0.793. The average Bonchev–Trinajstić information content (AvgIpc) is 2.67. The van der Waals surface area contributed by atoms with Crippen molar-refractivity contribution in [3.05, 3.63) is 0 Å². The lowest BCUT2D eigenvalue weighted by molar-refractivity contribution is -0.133. The minimum absolute atomic E-state index is 0.169. The molecule has 2 aliphatic rings. The first-order valence-electron chi connectivity index (χ1n) is 6.42. The van der Waals surface area contributed by atoms with Crippen LogP contribution in [0, 0.1) is 11.8 Å². The molecular weight excluding hydrogens is 216 g/mol. The first-order chi connectivity index (χ1) is 8.27. The Morgan fingerprint density at radius 1 is 1.12 bits per heavy atom. The summed E-state index contributed by atoms with van der Waals surface area (Å²) in [6, 6.07) is 0.